The van der Waals surface area contributed by atoms with Crippen LogP contribution >= 0.6 is 0 Å². The van der Waals surface area contributed by atoms with Crippen LogP contribution in [-0.4, -0.2) is 25.7 Å². The van der Waals surface area contributed by atoms with Crippen LogP contribution in [0, 0.1) is 5.92 Å². The zero-order valence-electron chi connectivity index (χ0n) is 17.5. The Bertz CT molecular complexity index is 771. The predicted octanol–water partition coefficient (Wildman–Crippen LogP) is 4.84. The van der Waals surface area contributed by atoms with Gasteiger partial charge in [0.05, 0.1) is 25.4 Å². The Morgan fingerprint density at radius 2 is 1.75 bits per heavy atom. The van der Waals surface area contributed by atoms with Gasteiger partial charge in [0.25, 0.3) is 5.91 Å². The number of amides is 1. The minimum atomic E-state index is -0.174. The molecule has 0 aliphatic heterocycles. The van der Waals surface area contributed by atoms with Crippen LogP contribution in [0.3, 0.4) is 0 Å². The largest absolute Gasteiger partial charge is 0.493 e. The number of carbonyl (C=O) groups is 1. The molecule has 0 aromatic heterocycles. The van der Waals surface area contributed by atoms with Crippen LogP contribution in [-0.2, 0) is 6.54 Å². The minimum absolute atomic E-state index is 0.00134. The Hall–Kier alpha value is -2.69. The molecule has 5 nitrogen and oxygen atoms in total. The molecule has 0 aliphatic carbocycles. The molecule has 1 amide bonds. The molecule has 1 N–H and O–H groups in total. The second-order valence-electron chi connectivity index (χ2n) is 7.36. The molecule has 0 unspecified atom stereocenters. The van der Waals surface area contributed by atoms with Gasteiger partial charge in [-0.3, -0.25) is 4.79 Å². The van der Waals surface area contributed by atoms with Gasteiger partial charge in [-0.05, 0) is 56.0 Å². The molecule has 152 valence electrons. The van der Waals surface area contributed by atoms with E-state index < -0.39 is 0 Å². The van der Waals surface area contributed by atoms with Crippen molar-refractivity contribution in [1.29, 1.82) is 0 Å². The number of para-hydroxylation sites is 1. The van der Waals surface area contributed by atoms with Gasteiger partial charge in [-0.25, -0.2) is 0 Å². The number of nitrogens with one attached hydrogen (secondary N) is 1. The number of methoxy groups -OCH3 is 1. The highest BCUT2D eigenvalue weighted by atomic mass is 16.5. The molecule has 2 aromatic rings. The molecule has 0 aliphatic rings. The molecule has 0 bridgehead atoms. The number of hydrogen-bond donors (Lipinski definition) is 1. The molecule has 2 aromatic carbocycles. The summed E-state index contributed by atoms with van der Waals surface area (Å²) in [5.74, 6) is 2.38. The number of hydrogen-bond acceptors (Lipinski definition) is 4. The van der Waals surface area contributed by atoms with Crippen molar-refractivity contribution in [2.45, 2.75) is 46.8 Å². The average molecular weight is 386 g/mol. The van der Waals surface area contributed by atoms with E-state index in [1.165, 1.54) is 0 Å². The summed E-state index contributed by atoms with van der Waals surface area (Å²) in [7, 11) is 1.62. The molecule has 0 atom stereocenters. The highest BCUT2D eigenvalue weighted by molar-refractivity contribution is 5.96. The van der Waals surface area contributed by atoms with Gasteiger partial charge < -0.3 is 19.5 Å². The van der Waals surface area contributed by atoms with Gasteiger partial charge in [-0.2, -0.15) is 0 Å². The van der Waals surface area contributed by atoms with Crippen molar-refractivity contribution >= 4 is 5.91 Å². The standard InChI is InChI=1S/C23H31NO4/c1-16(2)12-13-27-21-11-10-18(14-22(21)26-5)15-24-23(25)19-8-6-7-9-20(19)28-17(3)4/h6-11,14,16-17H,12-13,15H2,1-5H3,(H,24,25). The first-order valence-corrected chi connectivity index (χ1v) is 9.74. The molecule has 2 rings (SSSR count). The molecule has 0 heterocycles. The van der Waals surface area contributed by atoms with Crippen LogP contribution in [0.4, 0.5) is 0 Å². The molecule has 0 saturated heterocycles. The SMILES string of the molecule is COc1cc(CNC(=O)c2ccccc2OC(C)C)ccc1OCCC(C)C. The minimum Gasteiger partial charge on any atom is -0.493 e. The second-order valence-corrected chi connectivity index (χ2v) is 7.36. The van der Waals surface area contributed by atoms with Crippen molar-refractivity contribution in [2.75, 3.05) is 13.7 Å². The lowest BCUT2D eigenvalue weighted by molar-refractivity contribution is 0.0945. The summed E-state index contributed by atoms with van der Waals surface area (Å²) in [6, 6.07) is 13.0. The molecular formula is C23H31NO4. The maximum absolute atomic E-state index is 12.6. The highest BCUT2D eigenvalue weighted by Crippen LogP contribution is 2.28. The quantitative estimate of drug-likeness (QED) is 0.636. The van der Waals surface area contributed by atoms with Crippen LogP contribution in [0.15, 0.2) is 42.5 Å². The topological polar surface area (TPSA) is 56.8 Å². The van der Waals surface area contributed by atoms with Crippen molar-refractivity contribution in [2.24, 2.45) is 5.92 Å². The first-order valence-electron chi connectivity index (χ1n) is 9.74. The fraction of sp³-hybridized carbons (Fsp3) is 0.435. The van der Waals surface area contributed by atoms with Crippen molar-refractivity contribution in [3.63, 3.8) is 0 Å². The number of rotatable bonds is 10. The zero-order chi connectivity index (χ0) is 20.5. The van der Waals surface area contributed by atoms with E-state index in [0.29, 0.717) is 41.9 Å². The van der Waals surface area contributed by atoms with E-state index in [0.717, 1.165) is 12.0 Å². The Balaban J connectivity index is 2.01. The molecule has 0 radical (unpaired) electrons. The first kappa shape index (κ1) is 21.6. The van der Waals surface area contributed by atoms with Gasteiger partial charge in [0, 0.05) is 6.54 Å². The Labute approximate surface area is 168 Å². The van der Waals surface area contributed by atoms with Crippen molar-refractivity contribution in [3.8, 4) is 17.2 Å². The van der Waals surface area contributed by atoms with Crippen LogP contribution in [0.1, 0.15) is 50.0 Å². The van der Waals surface area contributed by atoms with Crippen LogP contribution in [0.5, 0.6) is 17.2 Å². The monoisotopic (exact) mass is 385 g/mol. The van der Waals surface area contributed by atoms with Gasteiger partial charge >= 0.3 is 0 Å². The first-order chi connectivity index (χ1) is 13.4. The number of benzene rings is 2. The molecular weight excluding hydrogens is 354 g/mol. The van der Waals surface area contributed by atoms with E-state index >= 15 is 0 Å². The van der Waals surface area contributed by atoms with E-state index in [-0.39, 0.29) is 12.0 Å². The molecule has 0 spiro atoms. The molecule has 0 fully saturated rings. The summed E-state index contributed by atoms with van der Waals surface area (Å²) < 4.78 is 17.0. The van der Waals surface area contributed by atoms with Gasteiger partial charge in [0.2, 0.25) is 0 Å². The summed E-state index contributed by atoms with van der Waals surface area (Å²) in [4.78, 5) is 12.6. The fourth-order valence-electron chi connectivity index (χ4n) is 2.63. The van der Waals surface area contributed by atoms with Crippen LogP contribution < -0.4 is 19.5 Å². The van der Waals surface area contributed by atoms with E-state index in [4.69, 9.17) is 14.2 Å². The van der Waals surface area contributed by atoms with Gasteiger partial charge in [0.1, 0.15) is 5.75 Å². The number of ether oxygens (including phenoxy) is 3. The maximum atomic E-state index is 12.6. The summed E-state index contributed by atoms with van der Waals surface area (Å²) in [5, 5.41) is 2.94. The number of carbonyl (C=O) groups excluding carboxylic acids is 1. The smallest absolute Gasteiger partial charge is 0.255 e. The predicted molar refractivity (Wildman–Crippen MR) is 111 cm³/mol. The van der Waals surface area contributed by atoms with Gasteiger partial charge in [-0.1, -0.05) is 32.0 Å². The fourth-order valence-corrected chi connectivity index (χ4v) is 2.63. The molecule has 28 heavy (non-hydrogen) atoms. The van der Waals surface area contributed by atoms with E-state index in [1.54, 1.807) is 19.2 Å². The summed E-state index contributed by atoms with van der Waals surface area (Å²) in [5.41, 5.74) is 1.46. The van der Waals surface area contributed by atoms with Gasteiger partial charge in [-0.15, -0.1) is 0 Å². The van der Waals surface area contributed by atoms with Crippen LogP contribution in [0.2, 0.25) is 0 Å². The Morgan fingerprint density at radius 3 is 2.43 bits per heavy atom. The second kappa shape index (κ2) is 10.6. The Morgan fingerprint density at radius 1 is 1.00 bits per heavy atom. The lowest BCUT2D eigenvalue weighted by Gasteiger charge is -2.15. The lowest BCUT2D eigenvalue weighted by Crippen LogP contribution is -2.24. The summed E-state index contributed by atoms with van der Waals surface area (Å²) in [6.45, 7) is 9.24. The third-order valence-electron chi connectivity index (χ3n) is 4.13. The van der Waals surface area contributed by atoms with Crippen molar-refractivity contribution < 1.29 is 19.0 Å². The third-order valence-corrected chi connectivity index (χ3v) is 4.13. The molecule has 5 heteroatoms. The van der Waals surface area contributed by atoms with Crippen molar-refractivity contribution in [3.05, 3.63) is 53.6 Å². The van der Waals surface area contributed by atoms with Crippen LogP contribution in [0.25, 0.3) is 0 Å². The lowest BCUT2D eigenvalue weighted by atomic mass is 10.1. The summed E-state index contributed by atoms with van der Waals surface area (Å²) in [6.07, 6.45) is 0.986. The van der Waals surface area contributed by atoms with Gasteiger partial charge in [0.15, 0.2) is 11.5 Å². The highest BCUT2D eigenvalue weighted by Gasteiger charge is 2.13. The van der Waals surface area contributed by atoms with Crippen molar-refractivity contribution in [1.82, 2.24) is 5.32 Å². The third kappa shape index (κ3) is 6.48. The summed E-state index contributed by atoms with van der Waals surface area (Å²) >= 11 is 0. The Kier molecular flexibility index (Phi) is 8.18. The average Bonchev–Trinajstić information content (AvgIpc) is 2.66. The van der Waals surface area contributed by atoms with E-state index in [1.807, 2.05) is 44.2 Å². The van der Waals surface area contributed by atoms with E-state index in [9.17, 15) is 4.79 Å². The molecule has 0 saturated carbocycles. The normalized spacial score (nSPS) is 10.8. The zero-order valence-corrected chi connectivity index (χ0v) is 17.5. The maximum Gasteiger partial charge on any atom is 0.255 e. The van der Waals surface area contributed by atoms with E-state index in [2.05, 4.69) is 19.2 Å².